The molecule has 0 saturated heterocycles. The van der Waals surface area contributed by atoms with Gasteiger partial charge in [-0.3, -0.25) is 0 Å². The van der Waals surface area contributed by atoms with Crippen molar-refractivity contribution in [2.45, 2.75) is 12.4 Å². The summed E-state index contributed by atoms with van der Waals surface area (Å²) < 4.78 is 29.2. The fourth-order valence-electron chi connectivity index (χ4n) is 3.21. The number of sulfone groups is 1. The summed E-state index contributed by atoms with van der Waals surface area (Å²) in [7, 11) is -3.13. The van der Waals surface area contributed by atoms with Gasteiger partial charge in [-0.15, -0.1) is 0 Å². The van der Waals surface area contributed by atoms with Gasteiger partial charge >= 0.3 is 0 Å². The van der Waals surface area contributed by atoms with Crippen LogP contribution in [0.1, 0.15) is 11.1 Å². The Morgan fingerprint density at radius 2 is 1.76 bits per heavy atom. The van der Waals surface area contributed by atoms with Gasteiger partial charge in [-0.25, -0.2) is 18.4 Å². The molecule has 0 bridgehead atoms. The fraction of sp³-hybridized carbons (Fsp3) is 0.125. The highest BCUT2D eigenvalue weighted by molar-refractivity contribution is 7.89. The van der Waals surface area contributed by atoms with E-state index in [0.717, 1.165) is 5.56 Å². The molecular weight excluding hydrogens is 460 g/mol. The quantitative estimate of drug-likeness (QED) is 0.376. The van der Waals surface area contributed by atoms with Gasteiger partial charge in [0.05, 0.1) is 11.3 Å². The van der Waals surface area contributed by atoms with Gasteiger partial charge in [0.15, 0.2) is 15.7 Å². The van der Waals surface area contributed by atoms with Gasteiger partial charge in [-0.1, -0.05) is 54.1 Å². The topological polar surface area (TPSA) is 94.1 Å². The number of nitrogens with zero attached hydrogens (tertiary/aromatic N) is 3. The molecule has 0 saturated carbocycles. The summed E-state index contributed by atoms with van der Waals surface area (Å²) in [5.41, 5.74) is 2.94. The van der Waals surface area contributed by atoms with E-state index in [4.69, 9.17) is 16.3 Å². The van der Waals surface area contributed by atoms with E-state index < -0.39 is 9.84 Å². The third kappa shape index (κ3) is 6.27. The zero-order valence-corrected chi connectivity index (χ0v) is 19.3. The number of hydrogen-bond donors (Lipinski definition) is 1. The number of aromatic nitrogens is 3. The Hall–Kier alpha value is -3.49. The SMILES string of the molecule is CS(=O)(=O)Cc1cccc(Nc2ncnc(-c3ccccc3OCc3ccccc3Cl)n2)c1. The van der Waals surface area contributed by atoms with Crippen LogP contribution in [0, 0.1) is 0 Å². The summed E-state index contributed by atoms with van der Waals surface area (Å²) in [6.07, 6.45) is 2.62. The van der Waals surface area contributed by atoms with Crippen LogP contribution in [0.4, 0.5) is 11.6 Å². The zero-order valence-electron chi connectivity index (χ0n) is 17.8. The van der Waals surface area contributed by atoms with Crippen LogP contribution in [0.25, 0.3) is 11.4 Å². The molecule has 7 nitrogen and oxygen atoms in total. The number of para-hydroxylation sites is 1. The number of halogens is 1. The summed E-state index contributed by atoms with van der Waals surface area (Å²) in [4.78, 5) is 13.0. The van der Waals surface area contributed by atoms with Crippen LogP contribution in [-0.4, -0.2) is 29.6 Å². The number of ether oxygens (including phenoxy) is 1. The van der Waals surface area contributed by atoms with Crippen molar-refractivity contribution in [3.63, 3.8) is 0 Å². The zero-order chi connectivity index (χ0) is 23.3. The second-order valence-corrected chi connectivity index (χ2v) is 9.95. The van der Waals surface area contributed by atoms with Gasteiger partial charge in [0.25, 0.3) is 0 Å². The minimum Gasteiger partial charge on any atom is -0.488 e. The van der Waals surface area contributed by atoms with Crippen LogP contribution in [0.3, 0.4) is 0 Å². The summed E-state index contributed by atoms with van der Waals surface area (Å²) >= 11 is 6.24. The van der Waals surface area contributed by atoms with Crippen molar-refractivity contribution in [3.05, 3.63) is 95.3 Å². The van der Waals surface area contributed by atoms with Crippen LogP contribution in [0.2, 0.25) is 5.02 Å². The van der Waals surface area contributed by atoms with Gasteiger partial charge < -0.3 is 10.1 Å². The second kappa shape index (κ2) is 9.97. The van der Waals surface area contributed by atoms with Crippen molar-refractivity contribution in [2.24, 2.45) is 0 Å². The Morgan fingerprint density at radius 3 is 2.58 bits per heavy atom. The Balaban J connectivity index is 1.55. The van der Waals surface area contributed by atoms with Crippen molar-refractivity contribution in [1.29, 1.82) is 0 Å². The van der Waals surface area contributed by atoms with Crippen molar-refractivity contribution in [1.82, 2.24) is 15.0 Å². The Labute approximate surface area is 197 Å². The third-order valence-corrected chi connectivity index (χ3v) is 5.88. The maximum absolute atomic E-state index is 11.6. The van der Waals surface area contributed by atoms with Gasteiger partial charge in [0.2, 0.25) is 5.95 Å². The predicted molar refractivity (Wildman–Crippen MR) is 129 cm³/mol. The maximum atomic E-state index is 11.6. The van der Waals surface area contributed by atoms with Crippen LogP contribution in [-0.2, 0) is 22.2 Å². The van der Waals surface area contributed by atoms with E-state index >= 15 is 0 Å². The largest absolute Gasteiger partial charge is 0.488 e. The molecule has 168 valence electrons. The first-order chi connectivity index (χ1) is 15.9. The Morgan fingerprint density at radius 1 is 0.970 bits per heavy atom. The standard InChI is InChI=1S/C24H21ClN4O3S/c1-33(30,31)15-17-7-6-9-19(13-17)28-24-27-16-26-23(29-24)20-10-3-5-12-22(20)32-14-18-8-2-4-11-21(18)25/h2-13,16H,14-15H2,1H3,(H,26,27,28,29). The minimum atomic E-state index is -3.13. The lowest BCUT2D eigenvalue weighted by Gasteiger charge is -2.12. The van der Waals surface area contributed by atoms with Crippen LogP contribution < -0.4 is 10.1 Å². The summed E-state index contributed by atoms with van der Waals surface area (Å²) in [6.45, 7) is 0.306. The molecule has 4 rings (SSSR count). The van der Waals surface area contributed by atoms with Gasteiger partial charge in [0.1, 0.15) is 18.7 Å². The Bertz CT molecular complexity index is 1380. The first-order valence-electron chi connectivity index (χ1n) is 10.1. The van der Waals surface area contributed by atoms with Crippen molar-refractivity contribution in [3.8, 4) is 17.1 Å². The Kier molecular flexibility index (Phi) is 6.86. The molecule has 0 radical (unpaired) electrons. The third-order valence-electron chi connectivity index (χ3n) is 4.65. The molecule has 0 aliphatic carbocycles. The average molecular weight is 481 g/mol. The van der Waals surface area contributed by atoms with Crippen molar-refractivity contribution >= 4 is 33.1 Å². The fourth-order valence-corrected chi connectivity index (χ4v) is 4.18. The molecular formula is C24H21ClN4O3S. The number of rotatable bonds is 8. The highest BCUT2D eigenvalue weighted by Gasteiger charge is 2.12. The smallest absolute Gasteiger partial charge is 0.230 e. The number of anilines is 2. The van der Waals surface area contributed by atoms with Crippen molar-refractivity contribution in [2.75, 3.05) is 11.6 Å². The highest BCUT2D eigenvalue weighted by atomic mass is 35.5. The number of hydrogen-bond acceptors (Lipinski definition) is 7. The monoisotopic (exact) mass is 480 g/mol. The van der Waals surface area contributed by atoms with E-state index in [1.54, 1.807) is 18.2 Å². The molecule has 1 N–H and O–H groups in total. The lowest BCUT2D eigenvalue weighted by molar-refractivity contribution is 0.307. The van der Waals surface area contributed by atoms with Crippen LogP contribution >= 0.6 is 11.6 Å². The second-order valence-electron chi connectivity index (χ2n) is 7.40. The molecule has 0 spiro atoms. The lowest BCUT2D eigenvalue weighted by Crippen LogP contribution is -2.03. The average Bonchev–Trinajstić information content (AvgIpc) is 2.78. The summed E-state index contributed by atoms with van der Waals surface area (Å²) in [6, 6.07) is 22.1. The normalized spacial score (nSPS) is 11.2. The molecule has 0 aliphatic rings. The molecule has 1 aromatic heterocycles. The minimum absolute atomic E-state index is 0.0406. The first kappa shape index (κ1) is 22.7. The van der Waals surface area contributed by atoms with E-state index in [1.807, 2.05) is 54.6 Å². The van der Waals surface area contributed by atoms with E-state index in [-0.39, 0.29) is 5.75 Å². The molecule has 1 heterocycles. The van der Waals surface area contributed by atoms with Gasteiger partial charge in [-0.05, 0) is 35.9 Å². The van der Waals surface area contributed by atoms with E-state index in [9.17, 15) is 8.42 Å². The highest BCUT2D eigenvalue weighted by Crippen LogP contribution is 2.29. The summed E-state index contributed by atoms with van der Waals surface area (Å²) in [5, 5.41) is 3.75. The summed E-state index contributed by atoms with van der Waals surface area (Å²) in [5.74, 6) is 1.35. The van der Waals surface area contributed by atoms with Crippen LogP contribution in [0.15, 0.2) is 79.1 Å². The van der Waals surface area contributed by atoms with Gasteiger partial charge in [0, 0.05) is 22.5 Å². The molecule has 3 aromatic carbocycles. The molecule has 0 amide bonds. The van der Waals surface area contributed by atoms with E-state index in [2.05, 4.69) is 20.3 Å². The van der Waals surface area contributed by atoms with E-state index in [1.165, 1.54) is 12.6 Å². The first-order valence-corrected chi connectivity index (χ1v) is 12.5. The number of benzene rings is 3. The van der Waals surface area contributed by atoms with E-state index in [0.29, 0.717) is 46.0 Å². The number of nitrogens with one attached hydrogen (secondary N) is 1. The van der Waals surface area contributed by atoms with Gasteiger partial charge in [-0.2, -0.15) is 4.98 Å². The molecule has 9 heteroatoms. The molecule has 0 atom stereocenters. The molecule has 0 aliphatic heterocycles. The molecule has 0 fully saturated rings. The molecule has 0 unspecified atom stereocenters. The molecule has 4 aromatic rings. The maximum Gasteiger partial charge on any atom is 0.230 e. The molecule has 33 heavy (non-hydrogen) atoms. The van der Waals surface area contributed by atoms with Crippen LogP contribution in [0.5, 0.6) is 5.75 Å². The lowest BCUT2D eigenvalue weighted by atomic mass is 10.2. The predicted octanol–water partition coefficient (Wildman–Crippen LogP) is 5.06. The van der Waals surface area contributed by atoms with Crippen molar-refractivity contribution < 1.29 is 13.2 Å².